The highest BCUT2D eigenvalue weighted by molar-refractivity contribution is 5.83. The normalized spacial score (nSPS) is 25.1. The molecule has 120 valence electrons. The lowest BCUT2D eigenvalue weighted by atomic mass is 9.85. The summed E-state index contributed by atoms with van der Waals surface area (Å²) in [5.41, 5.74) is 6.44. The Morgan fingerprint density at radius 3 is 2.43 bits per heavy atom. The van der Waals surface area contributed by atoms with E-state index in [9.17, 15) is 9.90 Å². The van der Waals surface area contributed by atoms with E-state index in [1.165, 1.54) is 5.01 Å². The lowest BCUT2D eigenvalue weighted by Crippen LogP contribution is -2.55. The Morgan fingerprint density at radius 2 is 2.00 bits per heavy atom. The number of carbonyl (C=O) groups is 1. The molecule has 0 aromatic carbocycles. The number of carbonyl (C=O) groups excluding carboxylic acids is 1. The minimum Gasteiger partial charge on any atom is -0.401 e. The number of aliphatic hydroxyl groups excluding tert-OH is 1. The zero-order chi connectivity index (χ0) is 15.8. The molecule has 5 N–H and O–H groups in total. The van der Waals surface area contributed by atoms with Crippen LogP contribution in [0.1, 0.15) is 40.0 Å². The minimum atomic E-state index is -0.486. The Kier molecular flexibility index (Phi) is 4.49. The summed E-state index contributed by atoms with van der Waals surface area (Å²) in [6, 6.07) is -0.486. The number of nitrogens with two attached hydrogens (primary N) is 2. The summed E-state index contributed by atoms with van der Waals surface area (Å²) in [6.07, 6.45) is 4.11. The lowest BCUT2D eigenvalue weighted by molar-refractivity contribution is -0.139. The molecule has 1 heterocycles. The molecule has 0 aromatic heterocycles. The van der Waals surface area contributed by atoms with Crippen LogP contribution < -0.4 is 11.6 Å². The molecule has 0 bridgehead atoms. The van der Waals surface area contributed by atoms with Crippen LogP contribution in [0.5, 0.6) is 0 Å². The van der Waals surface area contributed by atoms with Gasteiger partial charge in [-0.2, -0.15) is 0 Å². The van der Waals surface area contributed by atoms with Gasteiger partial charge < -0.3 is 20.7 Å². The number of aliphatic hydroxyl groups is 1. The van der Waals surface area contributed by atoms with Crippen molar-refractivity contribution in [2.24, 2.45) is 22.9 Å². The maximum Gasteiger partial charge on any atom is 0.247 e. The lowest BCUT2D eigenvalue weighted by Gasteiger charge is -2.38. The molecule has 1 saturated carbocycles. The van der Waals surface area contributed by atoms with Gasteiger partial charge in [0.05, 0.1) is 6.10 Å². The number of allylic oxidation sites excluding steroid dienone is 1. The van der Waals surface area contributed by atoms with E-state index in [4.69, 9.17) is 11.6 Å². The first-order valence-corrected chi connectivity index (χ1v) is 7.67. The van der Waals surface area contributed by atoms with Crippen LogP contribution in [0.3, 0.4) is 0 Å². The summed E-state index contributed by atoms with van der Waals surface area (Å²) in [6.45, 7) is 6.94. The zero-order valence-electron chi connectivity index (χ0n) is 13.2. The van der Waals surface area contributed by atoms with E-state index >= 15 is 0 Å². The molecular formula is C15H28N4O2. The van der Waals surface area contributed by atoms with E-state index in [0.717, 1.165) is 18.5 Å². The molecule has 2 aliphatic rings. The van der Waals surface area contributed by atoms with Gasteiger partial charge in [0.1, 0.15) is 6.04 Å². The highest BCUT2D eigenvalue weighted by atomic mass is 16.3. The Balaban J connectivity index is 2.14. The number of hydrazine groups is 1. The van der Waals surface area contributed by atoms with Gasteiger partial charge >= 0.3 is 0 Å². The van der Waals surface area contributed by atoms with Crippen molar-refractivity contribution in [2.45, 2.75) is 52.2 Å². The van der Waals surface area contributed by atoms with Crippen LogP contribution in [-0.2, 0) is 4.79 Å². The van der Waals surface area contributed by atoms with E-state index in [1.54, 1.807) is 11.1 Å². The predicted octanol–water partition coefficient (Wildman–Crippen LogP) is 0.380. The number of likely N-dealkylation sites (tertiary alicyclic amines) is 1. The van der Waals surface area contributed by atoms with Crippen molar-refractivity contribution in [2.75, 3.05) is 13.1 Å². The second-order valence-corrected chi connectivity index (χ2v) is 7.35. The summed E-state index contributed by atoms with van der Waals surface area (Å²) in [7, 11) is 0. The van der Waals surface area contributed by atoms with E-state index < -0.39 is 12.1 Å². The maximum atomic E-state index is 12.8. The van der Waals surface area contributed by atoms with Crippen molar-refractivity contribution in [3.8, 4) is 0 Å². The van der Waals surface area contributed by atoms with Gasteiger partial charge in [-0.3, -0.25) is 4.79 Å². The average molecular weight is 296 g/mol. The predicted molar refractivity (Wildman–Crippen MR) is 81.5 cm³/mol. The van der Waals surface area contributed by atoms with Crippen LogP contribution in [0.2, 0.25) is 0 Å². The van der Waals surface area contributed by atoms with E-state index in [0.29, 0.717) is 25.4 Å². The van der Waals surface area contributed by atoms with Crippen molar-refractivity contribution in [3.05, 3.63) is 11.9 Å². The molecule has 1 amide bonds. The van der Waals surface area contributed by atoms with Crippen LogP contribution in [0.4, 0.5) is 0 Å². The third-order valence-electron chi connectivity index (χ3n) is 4.17. The summed E-state index contributed by atoms with van der Waals surface area (Å²) in [5.74, 6) is 6.52. The molecule has 0 aromatic rings. The summed E-state index contributed by atoms with van der Waals surface area (Å²) in [4.78, 5) is 14.5. The van der Waals surface area contributed by atoms with Crippen LogP contribution >= 0.6 is 0 Å². The van der Waals surface area contributed by atoms with Crippen molar-refractivity contribution < 1.29 is 9.90 Å². The highest BCUT2D eigenvalue weighted by Crippen LogP contribution is 2.34. The summed E-state index contributed by atoms with van der Waals surface area (Å²) < 4.78 is 0. The second-order valence-electron chi connectivity index (χ2n) is 7.35. The fraction of sp³-hybridized carbons (Fsp3) is 0.800. The van der Waals surface area contributed by atoms with Gasteiger partial charge in [-0.25, -0.2) is 5.84 Å². The molecule has 1 aliphatic carbocycles. The molecule has 0 radical (unpaired) electrons. The van der Waals surface area contributed by atoms with Gasteiger partial charge in [-0.05, 0) is 24.7 Å². The number of nitrogens with zero attached hydrogens (tertiary/aromatic N) is 2. The number of β-amino-alcohol motifs (C(OH)–C–C–N with tert-alkyl or cyclic N) is 1. The molecule has 6 heteroatoms. The average Bonchev–Trinajstić information content (AvgIpc) is 3.10. The first-order valence-electron chi connectivity index (χ1n) is 7.67. The van der Waals surface area contributed by atoms with Crippen LogP contribution in [0.25, 0.3) is 0 Å². The molecule has 0 spiro atoms. The van der Waals surface area contributed by atoms with Crippen molar-refractivity contribution >= 4 is 5.91 Å². The van der Waals surface area contributed by atoms with Crippen LogP contribution in [-0.4, -0.2) is 46.2 Å². The minimum absolute atomic E-state index is 0.0404. The number of rotatable bonds is 4. The van der Waals surface area contributed by atoms with E-state index in [2.05, 4.69) is 0 Å². The zero-order valence-corrected chi connectivity index (χ0v) is 13.2. The van der Waals surface area contributed by atoms with Gasteiger partial charge in [0.15, 0.2) is 0 Å². The van der Waals surface area contributed by atoms with Gasteiger partial charge in [0.2, 0.25) is 5.91 Å². The topological polar surface area (TPSA) is 95.8 Å². The molecule has 2 rings (SSSR count). The molecule has 2 atom stereocenters. The largest absolute Gasteiger partial charge is 0.401 e. The summed E-state index contributed by atoms with van der Waals surface area (Å²) in [5, 5.41) is 11.1. The highest BCUT2D eigenvalue weighted by Gasteiger charge is 2.39. The maximum absolute atomic E-state index is 12.8. The monoisotopic (exact) mass is 296 g/mol. The first kappa shape index (κ1) is 16.1. The molecule has 1 aliphatic heterocycles. The fourth-order valence-electron chi connectivity index (χ4n) is 2.83. The van der Waals surface area contributed by atoms with Gasteiger partial charge in [-0.1, -0.05) is 20.8 Å². The van der Waals surface area contributed by atoms with Gasteiger partial charge in [0.25, 0.3) is 0 Å². The molecule has 21 heavy (non-hydrogen) atoms. The van der Waals surface area contributed by atoms with Crippen molar-refractivity contribution in [1.29, 1.82) is 0 Å². The molecule has 1 saturated heterocycles. The standard InChI is InChI=1S/C15H28N4O2/c1-15(2,3)13(14(21)18-7-6-11(20)8-18)19(17)9-12(16)10-4-5-10/h9-11,13,20H,4-8,16-17H2,1-3H3/b12-9-. The second kappa shape index (κ2) is 5.85. The van der Waals surface area contributed by atoms with Crippen LogP contribution in [0.15, 0.2) is 11.9 Å². The van der Waals surface area contributed by atoms with E-state index in [1.807, 2.05) is 20.8 Å². The third kappa shape index (κ3) is 3.89. The Labute approximate surface area is 126 Å². The molecule has 2 fully saturated rings. The SMILES string of the molecule is CC(C)(C)C(C(=O)N1CCC(O)C1)N(N)/C=C(\N)C1CC1. The number of hydrogen-bond acceptors (Lipinski definition) is 5. The number of hydrogen-bond donors (Lipinski definition) is 3. The molecule has 2 unspecified atom stereocenters. The van der Waals surface area contributed by atoms with Crippen molar-refractivity contribution in [1.82, 2.24) is 9.91 Å². The first-order chi connectivity index (χ1) is 9.70. The Bertz CT molecular complexity index is 426. The molecular weight excluding hydrogens is 268 g/mol. The van der Waals surface area contributed by atoms with Crippen LogP contribution in [0, 0.1) is 11.3 Å². The fourth-order valence-corrected chi connectivity index (χ4v) is 2.83. The van der Waals surface area contributed by atoms with Gasteiger partial charge in [-0.15, -0.1) is 0 Å². The third-order valence-corrected chi connectivity index (χ3v) is 4.17. The smallest absolute Gasteiger partial charge is 0.247 e. The van der Waals surface area contributed by atoms with E-state index in [-0.39, 0.29) is 11.3 Å². The molecule has 6 nitrogen and oxygen atoms in total. The quantitative estimate of drug-likeness (QED) is 0.515. The van der Waals surface area contributed by atoms with Crippen molar-refractivity contribution in [3.63, 3.8) is 0 Å². The Hall–Kier alpha value is -1.27. The number of amides is 1. The van der Waals surface area contributed by atoms with Gasteiger partial charge in [0, 0.05) is 30.9 Å². The Morgan fingerprint density at radius 1 is 1.38 bits per heavy atom. The summed E-state index contributed by atoms with van der Waals surface area (Å²) >= 11 is 0.